The fraction of sp³-hybridized carbons (Fsp3) is 0.235. The molecule has 2 aromatic heterocycles. The Balaban J connectivity index is 1.75. The monoisotopic (exact) mass is 326 g/mol. The summed E-state index contributed by atoms with van der Waals surface area (Å²) >= 11 is 0. The molecule has 0 spiro atoms. The minimum Gasteiger partial charge on any atom is -0.497 e. The molecule has 0 radical (unpaired) electrons. The summed E-state index contributed by atoms with van der Waals surface area (Å²) < 4.78 is 12.6. The van der Waals surface area contributed by atoms with Crippen LogP contribution in [0.4, 0.5) is 0 Å². The lowest BCUT2D eigenvalue weighted by atomic mass is 10.2. The van der Waals surface area contributed by atoms with Crippen LogP contribution < -0.4 is 10.1 Å². The van der Waals surface area contributed by atoms with Crippen molar-refractivity contribution in [3.8, 4) is 17.1 Å². The summed E-state index contributed by atoms with van der Waals surface area (Å²) in [6.07, 6.45) is 1.59. The largest absolute Gasteiger partial charge is 0.497 e. The van der Waals surface area contributed by atoms with Crippen molar-refractivity contribution in [1.82, 2.24) is 20.1 Å². The van der Waals surface area contributed by atoms with E-state index in [0.717, 1.165) is 11.3 Å². The molecule has 1 N–H and O–H groups in total. The van der Waals surface area contributed by atoms with Crippen LogP contribution in [0.1, 0.15) is 29.3 Å². The van der Waals surface area contributed by atoms with Gasteiger partial charge in [0, 0.05) is 12.6 Å². The molecule has 2 heterocycles. The zero-order valence-electron chi connectivity index (χ0n) is 13.7. The van der Waals surface area contributed by atoms with E-state index in [4.69, 9.17) is 9.15 Å². The van der Waals surface area contributed by atoms with Crippen LogP contribution in [0.25, 0.3) is 11.3 Å². The Morgan fingerprint density at radius 1 is 1.33 bits per heavy atom. The highest BCUT2D eigenvalue weighted by Crippen LogP contribution is 2.26. The summed E-state index contributed by atoms with van der Waals surface area (Å²) in [5.74, 6) is 1.93. The van der Waals surface area contributed by atoms with Gasteiger partial charge >= 0.3 is 0 Å². The van der Waals surface area contributed by atoms with Crippen molar-refractivity contribution in [2.24, 2.45) is 7.05 Å². The van der Waals surface area contributed by atoms with Gasteiger partial charge in [0.05, 0.1) is 13.2 Å². The van der Waals surface area contributed by atoms with Gasteiger partial charge in [0.2, 0.25) is 0 Å². The average molecular weight is 326 g/mol. The van der Waals surface area contributed by atoms with Gasteiger partial charge in [0.15, 0.2) is 11.6 Å². The lowest BCUT2D eigenvalue weighted by molar-refractivity contribution is 0.0910. The van der Waals surface area contributed by atoms with Gasteiger partial charge in [-0.25, -0.2) is 0 Å². The molecule has 1 atom stereocenters. The predicted molar refractivity (Wildman–Crippen MR) is 87.6 cm³/mol. The van der Waals surface area contributed by atoms with Crippen LogP contribution in [-0.4, -0.2) is 27.8 Å². The first-order chi connectivity index (χ1) is 11.6. The number of methoxy groups -OCH3 is 1. The molecule has 7 heteroatoms. The number of nitrogens with one attached hydrogen (secondary N) is 1. The number of rotatable bonds is 5. The molecule has 0 unspecified atom stereocenters. The maximum Gasteiger partial charge on any atom is 0.287 e. The number of benzene rings is 1. The van der Waals surface area contributed by atoms with Gasteiger partial charge in [-0.1, -0.05) is 12.1 Å². The molecule has 0 bridgehead atoms. The standard InChI is InChI=1S/C17H18N4O3/c1-11(16-20-18-10-21(16)2)19-17(22)15-8-7-14(24-15)12-5-4-6-13(9-12)23-3/h4-11H,1-3H3,(H,19,22)/t11-/m1/s1. The van der Waals surface area contributed by atoms with Crippen molar-refractivity contribution in [1.29, 1.82) is 0 Å². The smallest absolute Gasteiger partial charge is 0.287 e. The van der Waals surface area contributed by atoms with Crippen molar-refractivity contribution >= 4 is 5.91 Å². The lowest BCUT2D eigenvalue weighted by Gasteiger charge is -2.11. The molecular weight excluding hydrogens is 308 g/mol. The van der Waals surface area contributed by atoms with E-state index < -0.39 is 0 Å². The number of aromatic nitrogens is 3. The molecule has 0 fully saturated rings. The first-order valence-corrected chi connectivity index (χ1v) is 7.47. The molecule has 124 valence electrons. The predicted octanol–water partition coefficient (Wildman–Crippen LogP) is 2.57. The fourth-order valence-electron chi connectivity index (χ4n) is 2.41. The average Bonchev–Trinajstić information content (AvgIpc) is 3.24. The number of carbonyl (C=O) groups excluding carboxylic acids is 1. The Bertz CT molecular complexity index is 853. The maximum absolute atomic E-state index is 12.3. The van der Waals surface area contributed by atoms with Crippen molar-refractivity contribution in [3.63, 3.8) is 0 Å². The summed E-state index contributed by atoms with van der Waals surface area (Å²) in [5.41, 5.74) is 0.842. The highest BCUT2D eigenvalue weighted by Gasteiger charge is 2.18. The number of carbonyl (C=O) groups is 1. The van der Waals surface area contributed by atoms with Crippen molar-refractivity contribution in [2.45, 2.75) is 13.0 Å². The normalized spacial score (nSPS) is 12.0. The Kier molecular flexibility index (Phi) is 4.33. The van der Waals surface area contributed by atoms with Crippen LogP contribution >= 0.6 is 0 Å². The topological polar surface area (TPSA) is 82.2 Å². The van der Waals surface area contributed by atoms with E-state index in [1.165, 1.54) is 0 Å². The number of aryl methyl sites for hydroxylation is 1. The summed E-state index contributed by atoms with van der Waals surface area (Å²) in [7, 11) is 3.43. The highest BCUT2D eigenvalue weighted by atomic mass is 16.5. The van der Waals surface area contributed by atoms with Crippen LogP contribution in [-0.2, 0) is 7.05 Å². The molecule has 1 aromatic carbocycles. The van der Waals surface area contributed by atoms with E-state index in [9.17, 15) is 4.79 Å². The van der Waals surface area contributed by atoms with Crippen LogP contribution in [0.2, 0.25) is 0 Å². The van der Waals surface area contributed by atoms with Gasteiger partial charge in [-0.15, -0.1) is 10.2 Å². The third-order valence-electron chi connectivity index (χ3n) is 3.67. The van der Waals surface area contributed by atoms with Gasteiger partial charge in [0.1, 0.15) is 17.8 Å². The molecule has 1 amide bonds. The van der Waals surface area contributed by atoms with E-state index in [1.54, 1.807) is 30.1 Å². The van der Waals surface area contributed by atoms with E-state index in [-0.39, 0.29) is 17.7 Å². The molecule has 3 aromatic rings. The number of furan rings is 1. The Labute approximate surface area is 139 Å². The molecule has 3 rings (SSSR count). The third-order valence-corrected chi connectivity index (χ3v) is 3.67. The molecule has 0 aliphatic carbocycles. The van der Waals surface area contributed by atoms with Crippen molar-refractivity contribution in [2.75, 3.05) is 7.11 Å². The van der Waals surface area contributed by atoms with Crippen LogP contribution in [0.3, 0.4) is 0 Å². The van der Waals surface area contributed by atoms with E-state index in [1.807, 2.05) is 38.2 Å². The first-order valence-electron chi connectivity index (χ1n) is 7.47. The number of ether oxygens (including phenoxy) is 1. The molecular formula is C17H18N4O3. The number of hydrogen-bond donors (Lipinski definition) is 1. The summed E-state index contributed by atoms with van der Waals surface area (Å²) in [6.45, 7) is 1.84. The van der Waals surface area contributed by atoms with Crippen LogP contribution in [0, 0.1) is 0 Å². The second-order valence-electron chi connectivity index (χ2n) is 5.39. The van der Waals surface area contributed by atoms with E-state index >= 15 is 0 Å². The zero-order chi connectivity index (χ0) is 17.1. The zero-order valence-corrected chi connectivity index (χ0v) is 13.7. The summed E-state index contributed by atoms with van der Waals surface area (Å²) in [4.78, 5) is 12.3. The number of hydrogen-bond acceptors (Lipinski definition) is 5. The second-order valence-corrected chi connectivity index (χ2v) is 5.39. The molecule has 0 aliphatic rings. The van der Waals surface area contributed by atoms with Crippen molar-refractivity contribution < 1.29 is 13.9 Å². The maximum atomic E-state index is 12.3. The molecule has 24 heavy (non-hydrogen) atoms. The molecule has 0 aliphatic heterocycles. The van der Waals surface area contributed by atoms with Crippen molar-refractivity contribution in [3.05, 3.63) is 54.3 Å². The van der Waals surface area contributed by atoms with Crippen LogP contribution in [0.5, 0.6) is 5.75 Å². The number of amides is 1. The van der Waals surface area contributed by atoms with Gasteiger partial charge in [-0.2, -0.15) is 0 Å². The summed E-state index contributed by atoms with van der Waals surface area (Å²) in [5, 5.41) is 10.6. The van der Waals surface area contributed by atoms with Gasteiger partial charge in [0.25, 0.3) is 5.91 Å². The highest BCUT2D eigenvalue weighted by molar-refractivity contribution is 5.92. The minimum atomic E-state index is -0.306. The van der Waals surface area contributed by atoms with Gasteiger partial charge < -0.3 is 19.0 Å². The minimum absolute atomic E-state index is 0.238. The van der Waals surface area contributed by atoms with E-state index in [2.05, 4.69) is 15.5 Å². The van der Waals surface area contributed by atoms with Gasteiger partial charge in [-0.3, -0.25) is 4.79 Å². The third kappa shape index (κ3) is 3.15. The summed E-state index contributed by atoms with van der Waals surface area (Å²) in [6, 6.07) is 10.6. The number of nitrogens with zero attached hydrogens (tertiary/aromatic N) is 3. The molecule has 7 nitrogen and oxygen atoms in total. The molecule has 0 saturated carbocycles. The first kappa shape index (κ1) is 15.8. The Morgan fingerprint density at radius 3 is 2.88 bits per heavy atom. The fourth-order valence-corrected chi connectivity index (χ4v) is 2.41. The van der Waals surface area contributed by atoms with Gasteiger partial charge in [-0.05, 0) is 31.2 Å². The Morgan fingerprint density at radius 2 is 2.17 bits per heavy atom. The molecule has 0 saturated heterocycles. The van der Waals surface area contributed by atoms with Crippen LogP contribution in [0.15, 0.2) is 47.1 Å². The SMILES string of the molecule is COc1cccc(-c2ccc(C(=O)N[C@H](C)c3nncn3C)o2)c1. The lowest BCUT2D eigenvalue weighted by Crippen LogP contribution is -2.28. The quantitative estimate of drug-likeness (QED) is 0.779. The van der Waals surface area contributed by atoms with E-state index in [0.29, 0.717) is 11.6 Å². The Hall–Kier alpha value is -3.09. The second kappa shape index (κ2) is 6.57.